The predicted octanol–water partition coefficient (Wildman–Crippen LogP) is 2.39. The molecule has 0 radical (unpaired) electrons. The van der Waals surface area contributed by atoms with Crippen LogP contribution < -0.4 is 5.73 Å². The molecule has 0 saturated carbocycles. The summed E-state index contributed by atoms with van der Waals surface area (Å²) >= 11 is 0. The molecule has 1 aromatic carbocycles. The number of nitrogens with two attached hydrogens (primary N) is 1. The Kier molecular flexibility index (Phi) is 3.12. The van der Waals surface area contributed by atoms with Crippen LogP contribution in [0.25, 0.3) is 10.9 Å². The Balaban J connectivity index is 2.54. The van der Waals surface area contributed by atoms with Crippen molar-refractivity contribution in [3.05, 3.63) is 35.8 Å². The lowest BCUT2D eigenvalue weighted by atomic mass is 10.2. The van der Waals surface area contributed by atoms with Gasteiger partial charge >= 0.3 is 0 Å². The Morgan fingerprint density at radius 3 is 2.94 bits per heavy atom. The summed E-state index contributed by atoms with van der Waals surface area (Å²) in [5, 5.41) is 9.66. The molecule has 88 valence electrons. The molecule has 2 N–H and O–H groups in total. The molecule has 0 amide bonds. The number of benzene rings is 1. The van der Waals surface area contributed by atoms with Crippen molar-refractivity contribution in [1.29, 1.82) is 5.26 Å². The Morgan fingerprint density at radius 1 is 1.53 bits per heavy atom. The number of nitriles is 1. The first-order valence-corrected chi connectivity index (χ1v) is 5.59. The third-order valence-electron chi connectivity index (χ3n) is 2.92. The fourth-order valence-electron chi connectivity index (χ4n) is 1.89. The molecular formula is C13H14FN3. The molecule has 17 heavy (non-hydrogen) atoms. The van der Waals surface area contributed by atoms with Gasteiger partial charge in [0.05, 0.1) is 5.56 Å². The molecule has 0 fully saturated rings. The number of nitrogens with zero attached hydrogens (tertiary/aromatic N) is 2. The molecule has 4 heteroatoms. The van der Waals surface area contributed by atoms with Crippen LogP contribution in [0.2, 0.25) is 0 Å². The van der Waals surface area contributed by atoms with Crippen LogP contribution in [0.1, 0.15) is 18.9 Å². The van der Waals surface area contributed by atoms with Crippen LogP contribution in [0.3, 0.4) is 0 Å². The minimum Gasteiger partial charge on any atom is -0.345 e. The lowest BCUT2D eigenvalue weighted by Gasteiger charge is -2.10. The SMILES string of the molecule is CC[C@H](N)Cn1cc(C#N)c2cc(F)ccc21. The molecule has 1 atom stereocenters. The van der Waals surface area contributed by atoms with E-state index in [0.29, 0.717) is 17.5 Å². The Bertz CT molecular complexity index is 580. The molecule has 0 unspecified atom stereocenters. The predicted molar refractivity (Wildman–Crippen MR) is 64.9 cm³/mol. The summed E-state index contributed by atoms with van der Waals surface area (Å²) in [5.41, 5.74) is 7.24. The van der Waals surface area contributed by atoms with Gasteiger partial charge in [-0.1, -0.05) is 6.92 Å². The fraction of sp³-hybridized carbons (Fsp3) is 0.308. The zero-order valence-electron chi connectivity index (χ0n) is 9.65. The maximum atomic E-state index is 13.1. The van der Waals surface area contributed by atoms with Gasteiger partial charge in [-0.3, -0.25) is 0 Å². The van der Waals surface area contributed by atoms with Gasteiger partial charge in [-0.2, -0.15) is 5.26 Å². The van der Waals surface area contributed by atoms with Gasteiger partial charge in [-0.25, -0.2) is 4.39 Å². The van der Waals surface area contributed by atoms with E-state index in [1.807, 2.05) is 11.5 Å². The van der Waals surface area contributed by atoms with Gasteiger partial charge in [-0.15, -0.1) is 0 Å². The molecule has 0 bridgehead atoms. The Morgan fingerprint density at radius 2 is 2.29 bits per heavy atom. The number of fused-ring (bicyclic) bond motifs is 1. The highest BCUT2D eigenvalue weighted by Gasteiger charge is 2.10. The van der Waals surface area contributed by atoms with Crippen molar-refractivity contribution in [3.8, 4) is 6.07 Å². The third kappa shape index (κ3) is 2.15. The van der Waals surface area contributed by atoms with Gasteiger partial charge < -0.3 is 10.3 Å². The molecule has 0 aliphatic carbocycles. The maximum absolute atomic E-state index is 13.1. The number of aromatic nitrogens is 1. The second-order valence-electron chi connectivity index (χ2n) is 4.14. The topological polar surface area (TPSA) is 54.7 Å². The molecule has 0 aliphatic rings. The first kappa shape index (κ1) is 11.6. The van der Waals surface area contributed by atoms with Crippen molar-refractivity contribution in [3.63, 3.8) is 0 Å². The van der Waals surface area contributed by atoms with E-state index in [1.165, 1.54) is 12.1 Å². The van der Waals surface area contributed by atoms with Gasteiger partial charge in [-0.05, 0) is 24.6 Å². The highest BCUT2D eigenvalue weighted by molar-refractivity contribution is 5.86. The lowest BCUT2D eigenvalue weighted by molar-refractivity contribution is 0.550. The largest absolute Gasteiger partial charge is 0.345 e. The second kappa shape index (κ2) is 4.56. The molecule has 0 aliphatic heterocycles. The van der Waals surface area contributed by atoms with Crippen LogP contribution >= 0.6 is 0 Å². The van der Waals surface area contributed by atoms with Crippen LogP contribution in [0, 0.1) is 17.1 Å². The third-order valence-corrected chi connectivity index (χ3v) is 2.92. The Hall–Kier alpha value is -1.86. The van der Waals surface area contributed by atoms with Gasteiger partial charge in [0.25, 0.3) is 0 Å². The zero-order chi connectivity index (χ0) is 12.4. The Labute approximate surface area is 99.3 Å². The molecule has 1 aromatic heterocycles. The number of rotatable bonds is 3. The van der Waals surface area contributed by atoms with E-state index in [1.54, 1.807) is 12.3 Å². The fourth-order valence-corrected chi connectivity index (χ4v) is 1.89. The van der Waals surface area contributed by atoms with Crippen molar-refractivity contribution < 1.29 is 4.39 Å². The van der Waals surface area contributed by atoms with Crippen LogP contribution in [0.15, 0.2) is 24.4 Å². The minimum absolute atomic E-state index is 0.0437. The summed E-state index contributed by atoms with van der Waals surface area (Å²) in [7, 11) is 0. The van der Waals surface area contributed by atoms with Gasteiger partial charge in [0.1, 0.15) is 11.9 Å². The van der Waals surface area contributed by atoms with Crippen LogP contribution in [-0.2, 0) is 6.54 Å². The van der Waals surface area contributed by atoms with Crippen LogP contribution in [0.5, 0.6) is 0 Å². The van der Waals surface area contributed by atoms with E-state index in [9.17, 15) is 4.39 Å². The molecule has 1 heterocycles. The van der Waals surface area contributed by atoms with Crippen molar-refractivity contribution in [2.45, 2.75) is 25.9 Å². The number of halogens is 1. The van der Waals surface area contributed by atoms with E-state index in [-0.39, 0.29) is 11.9 Å². The first-order valence-electron chi connectivity index (χ1n) is 5.59. The van der Waals surface area contributed by atoms with E-state index in [0.717, 1.165) is 11.9 Å². The first-order chi connectivity index (χ1) is 8.15. The highest BCUT2D eigenvalue weighted by Crippen LogP contribution is 2.22. The van der Waals surface area contributed by atoms with Gasteiger partial charge in [0.2, 0.25) is 0 Å². The average molecular weight is 231 g/mol. The zero-order valence-corrected chi connectivity index (χ0v) is 9.65. The smallest absolute Gasteiger partial charge is 0.124 e. The summed E-state index contributed by atoms with van der Waals surface area (Å²) in [6.07, 6.45) is 2.60. The molecular weight excluding hydrogens is 217 g/mol. The summed E-state index contributed by atoms with van der Waals surface area (Å²) in [6.45, 7) is 2.65. The van der Waals surface area contributed by atoms with Crippen LogP contribution in [-0.4, -0.2) is 10.6 Å². The van der Waals surface area contributed by atoms with E-state index >= 15 is 0 Å². The van der Waals surface area contributed by atoms with Crippen molar-refractivity contribution >= 4 is 10.9 Å². The minimum atomic E-state index is -0.327. The maximum Gasteiger partial charge on any atom is 0.124 e. The van der Waals surface area contributed by atoms with Gasteiger partial charge in [0, 0.05) is 29.7 Å². The lowest BCUT2D eigenvalue weighted by Crippen LogP contribution is -2.24. The summed E-state index contributed by atoms with van der Waals surface area (Å²) in [5.74, 6) is -0.327. The highest BCUT2D eigenvalue weighted by atomic mass is 19.1. The standard InChI is InChI=1S/C13H14FN3/c1-2-11(16)8-17-7-9(6-15)12-5-10(14)3-4-13(12)17/h3-5,7,11H,2,8,16H2,1H3/t11-/m0/s1. The van der Waals surface area contributed by atoms with E-state index < -0.39 is 0 Å². The van der Waals surface area contributed by atoms with Crippen molar-refractivity contribution in [2.75, 3.05) is 0 Å². The monoisotopic (exact) mass is 231 g/mol. The molecule has 2 aromatic rings. The molecule has 3 nitrogen and oxygen atoms in total. The summed E-state index contributed by atoms with van der Waals surface area (Å²) in [6, 6.07) is 6.60. The summed E-state index contributed by atoms with van der Waals surface area (Å²) in [4.78, 5) is 0. The molecule has 2 rings (SSSR count). The van der Waals surface area contributed by atoms with Crippen molar-refractivity contribution in [1.82, 2.24) is 4.57 Å². The average Bonchev–Trinajstić information content (AvgIpc) is 2.66. The van der Waals surface area contributed by atoms with Gasteiger partial charge in [0.15, 0.2) is 0 Å². The molecule has 0 saturated heterocycles. The van der Waals surface area contributed by atoms with E-state index in [4.69, 9.17) is 11.0 Å². The van der Waals surface area contributed by atoms with Crippen LogP contribution in [0.4, 0.5) is 4.39 Å². The number of hydrogen-bond acceptors (Lipinski definition) is 2. The number of hydrogen-bond donors (Lipinski definition) is 1. The summed E-state index contributed by atoms with van der Waals surface area (Å²) < 4.78 is 15.1. The second-order valence-corrected chi connectivity index (χ2v) is 4.14. The quantitative estimate of drug-likeness (QED) is 0.881. The molecule has 0 spiro atoms. The van der Waals surface area contributed by atoms with E-state index in [2.05, 4.69) is 6.07 Å². The van der Waals surface area contributed by atoms with Crippen molar-refractivity contribution in [2.24, 2.45) is 5.73 Å². The normalized spacial score (nSPS) is 12.6.